The van der Waals surface area contributed by atoms with Crippen LogP contribution in [0.4, 0.5) is 10.7 Å². The summed E-state index contributed by atoms with van der Waals surface area (Å²) in [4.78, 5) is 32.6. The number of nitrogens with one attached hydrogen (secondary N) is 3. The Hall–Kier alpha value is -4.35. The third-order valence-electron chi connectivity index (χ3n) is 6.89. The molecule has 1 aliphatic rings. The Morgan fingerprint density at radius 1 is 1.04 bits per heavy atom. The van der Waals surface area contributed by atoms with Gasteiger partial charge in [0.15, 0.2) is 0 Å². The van der Waals surface area contributed by atoms with E-state index in [1.54, 1.807) is 11.8 Å². The molecule has 1 aromatic heterocycles. The molecule has 0 saturated heterocycles. The molecular formula is C34H41N5O5S. The number of ether oxygens (including phenoxy) is 3. The summed E-state index contributed by atoms with van der Waals surface area (Å²) in [6, 6.07) is 15.9. The fourth-order valence-corrected chi connectivity index (χ4v) is 6.00. The van der Waals surface area contributed by atoms with Crippen molar-refractivity contribution in [3.05, 3.63) is 76.2 Å². The van der Waals surface area contributed by atoms with Crippen LogP contribution in [0.5, 0.6) is 5.75 Å². The van der Waals surface area contributed by atoms with Crippen molar-refractivity contribution in [2.24, 2.45) is 4.99 Å². The van der Waals surface area contributed by atoms with Gasteiger partial charge in [-0.3, -0.25) is 25.5 Å². The lowest BCUT2D eigenvalue weighted by Crippen LogP contribution is -2.41. The highest BCUT2D eigenvalue weighted by Gasteiger charge is 2.34. The van der Waals surface area contributed by atoms with E-state index in [1.165, 1.54) is 11.3 Å². The lowest BCUT2D eigenvalue weighted by molar-refractivity contribution is -0.160. The van der Waals surface area contributed by atoms with Crippen molar-refractivity contribution in [1.82, 2.24) is 0 Å². The van der Waals surface area contributed by atoms with E-state index in [4.69, 9.17) is 30.0 Å². The molecule has 10 nitrogen and oxygen atoms in total. The van der Waals surface area contributed by atoms with Gasteiger partial charge in [-0.15, -0.1) is 11.3 Å². The molecule has 0 fully saturated rings. The minimum atomic E-state index is -0.806. The van der Waals surface area contributed by atoms with Gasteiger partial charge in [-0.1, -0.05) is 18.2 Å². The van der Waals surface area contributed by atoms with Gasteiger partial charge in [0.1, 0.15) is 40.7 Å². The van der Waals surface area contributed by atoms with E-state index in [-0.39, 0.29) is 30.6 Å². The van der Waals surface area contributed by atoms with Gasteiger partial charge >= 0.3 is 5.97 Å². The molecule has 2 aromatic carbocycles. The topological polar surface area (TPSA) is 137 Å². The molecule has 4 rings (SSSR count). The largest absolute Gasteiger partial charge is 0.494 e. The Kier molecular flexibility index (Phi) is 10.9. The SMILES string of the molecule is CC(=N)N1C(=N)[C@H](CC(=O)Nc2ccccc2)N=C(c2ccc(OCCCOCC(=O)OC(C)(C)C)cc2)c2c1sc(C)c2C. The molecule has 45 heavy (non-hydrogen) atoms. The van der Waals surface area contributed by atoms with E-state index in [2.05, 4.69) is 5.32 Å². The predicted octanol–water partition coefficient (Wildman–Crippen LogP) is 6.52. The van der Waals surface area contributed by atoms with Crippen LogP contribution in [-0.4, -0.2) is 60.7 Å². The number of aryl methyl sites for hydroxylation is 1. The first-order valence-corrected chi connectivity index (χ1v) is 15.7. The first-order valence-electron chi connectivity index (χ1n) is 14.8. The zero-order chi connectivity index (χ0) is 32.7. The second-order valence-electron chi connectivity index (χ2n) is 11.7. The van der Waals surface area contributed by atoms with Crippen molar-refractivity contribution in [3.63, 3.8) is 0 Å². The van der Waals surface area contributed by atoms with E-state index < -0.39 is 17.6 Å². The van der Waals surface area contributed by atoms with Gasteiger partial charge in [-0.25, -0.2) is 4.79 Å². The maximum atomic E-state index is 13.1. The van der Waals surface area contributed by atoms with E-state index in [0.717, 1.165) is 26.6 Å². The molecule has 1 amide bonds. The van der Waals surface area contributed by atoms with Crippen LogP contribution in [0.15, 0.2) is 59.6 Å². The fraction of sp³-hybridized carbons (Fsp3) is 0.382. The number of anilines is 2. The number of rotatable bonds is 11. The number of hydrogen-bond donors (Lipinski definition) is 3. The summed E-state index contributed by atoms with van der Waals surface area (Å²) in [6.07, 6.45) is 0.548. The summed E-state index contributed by atoms with van der Waals surface area (Å²) in [6.45, 7) is 11.8. The normalized spacial score (nSPS) is 14.7. The molecule has 3 N–H and O–H groups in total. The predicted molar refractivity (Wildman–Crippen MR) is 180 cm³/mol. The van der Waals surface area contributed by atoms with Crippen LogP contribution in [0.25, 0.3) is 0 Å². The summed E-state index contributed by atoms with van der Waals surface area (Å²) in [7, 11) is 0. The Morgan fingerprint density at radius 2 is 1.73 bits per heavy atom. The Morgan fingerprint density at radius 3 is 2.38 bits per heavy atom. The van der Waals surface area contributed by atoms with Crippen LogP contribution in [0, 0.1) is 24.7 Å². The Bertz CT molecular complexity index is 1570. The number of amidine groups is 2. The van der Waals surface area contributed by atoms with Crippen LogP contribution in [0.2, 0.25) is 0 Å². The molecule has 0 aliphatic carbocycles. The maximum Gasteiger partial charge on any atom is 0.332 e. The molecule has 1 atom stereocenters. The van der Waals surface area contributed by atoms with Crippen molar-refractivity contribution in [1.29, 1.82) is 10.8 Å². The van der Waals surface area contributed by atoms with Gasteiger partial charge in [0, 0.05) is 28.1 Å². The van der Waals surface area contributed by atoms with Crippen LogP contribution >= 0.6 is 11.3 Å². The standard InChI is InChI=1S/C34H41N5O5S/c1-21-22(2)45-33-30(21)31(24-13-15-26(16-14-24)43-18-10-17-42-20-29(41)44-34(4,5)6)38-27(32(36)39(33)23(3)35)19-28(40)37-25-11-8-7-9-12-25/h7-9,11-16,27,35-36H,10,17-20H2,1-6H3,(H,37,40)/t27-/m0/s1. The Balaban J connectivity index is 1.51. The summed E-state index contributed by atoms with van der Waals surface area (Å²) in [5.74, 6) is 0.275. The summed E-state index contributed by atoms with van der Waals surface area (Å²) in [5.41, 5.74) is 3.49. The second-order valence-corrected chi connectivity index (χ2v) is 12.9. The molecule has 1 aliphatic heterocycles. The quantitative estimate of drug-likeness (QED) is 0.0954. The molecule has 0 radical (unpaired) electrons. The van der Waals surface area contributed by atoms with Gasteiger partial charge in [-0.2, -0.15) is 0 Å². The van der Waals surface area contributed by atoms with Gasteiger partial charge in [0.2, 0.25) is 5.91 Å². The number of nitrogens with zero attached hydrogens (tertiary/aromatic N) is 2. The molecule has 238 valence electrons. The number of fused-ring (bicyclic) bond motifs is 1. The van der Waals surface area contributed by atoms with E-state index in [0.29, 0.717) is 36.8 Å². The third kappa shape index (κ3) is 8.86. The zero-order valence-electron chi connectivity index (χ0n) is 26.7. The van der Waals surface area contributed by atoms with E-state index in [1.807, 2.05) is 89.2 Å². The van der Waals surface area contributed by atoms with Crippen LogP contribution in [-0.2, 0) is 19.1 Å². The van der Waals surface area contributed by atoms with Crippen molar-refractivity contribution >= 4 is 51.3 Å². The van der Waals surface area contributed by atoms with Crippen LogP contribution in [0.3, 0.4) is 0 Å². The number of amides is 1. The number of benzene rings is 2. The average Bonchev–Trinajstić information content (AvgIpc) is 3.18. The lowest BCUT2D eigenvalue weighted by Gasteiger charge is -2.24. The highest BCUT2D eigenvalue weighted by atomic mass is 32.1. The van der Waals surface area contributed by atoms with Crippen molar-refractivity contribution in [3.8, 4) is 5.75 Å². The van der Waals surface area contributed by atoms with Crippen LogP contribution in [0.1, 0.15) is 62.1 Å². The van der Waals surface area contributed by atoms with Gasteiger partial charge in [-0.05, 0) is 83.5 Å². The highest BCUT2D eigenvalue weighted by Crippen LogP contribution is 2.40. The minimum Gasteiger partial charge on any atom is -0.494 e. The number of para-hydroxylation sites is 1. The fourth-order valence-electron chi connectivity index (χ4n) is 4.78. The summed E-state index contributed by atoms with van der Waals surface area (Å²) < 4.78 is 16.5. The molecule has 11 heteroatoms. The Labute approximate surface area is 268 Å². The van der Waals surface area contributed by atoms with E-state index in [9.17, 15) is 9.59 Å². The molecule has 0 unspecified atom stereocenters. The number of aliphatic imine (C=N–C) groups is 1. The van der Waals surface area contributed by atoms with Crippen molar-refractivity contribution in [2.75, 3.05) is 30.0 Å². The third-order valence-corrected chi connectivity index (χ3v) is 8.08. The number of thiophene rings is 1. The van der Waals surface area contributed by atoms with Crippen molar-refractivity contribution in [2.45, 2.75) is 66.0 Å². The number of hydrogen-bond acceptors (Lipinski definition) is 9. The second kappa shape index (κ2) is 14.6. The van der Waals surface area contributed by atoms with Crippen LogP contribution < -0.4 is 15.0 Å². The molecule has 0 saturated carbocycles. The zero-order valence-corrected chi connectivity index (χ0v) is 27.5. The highest BCUT2D eigenvalue weighted by molar-refractivity contribution is 7.17. The molecule has 2 heterocycles. The first-order chi connectivity index (χ1) is 21.3. The number of carbonyl (C=O) groups excluding carboxylic acids is 2. The monoisotopic (exact) mass is 631 g/mol. The molecule has 3 aromatic rings. The van der Waals surface area contributed by atoms with Crippen molar-refractivity contribution < 1.29 is 23.8 Å². The van der Waals surface area contributed by atoms with Gasteiger partial charge in [0.05, 0.1) is 25.3 Å². The van der Waals surface area contributed by atoms with E-state index >= 15 is 0 Å². The molecular weight excluding hydrogens is 590 g/mol. The maximum absolute atomic E-state index is 13.1. The average molecular weight is 632 g/mol. The summed E-state index contributed by atoms with van der Waals surface area (Å²) >= 11 is 1.51. The first kappa shape index (κ1) is 33.5. The minimum absolute atomic E-state index is 0.0504. The van der Waals surface area contributed by atoms with Gasteiger partial charge < -0.3 is 19.5 Å². The summed E-state index contributed by atoms with van der Waals surface area (Å²) in [5, 5.41) is 21.3. The van der Waals surface area contributed by atoms with Gasteiger partial charge in [0.25, 0.3) is 0 Å². The molecule has 0 bridgehead atoms. The lowest BCUT2D eigenvalue weighted by atomic mass is 9.99. The molecule has 0 spiro atoms. The smallest absolute Gasteiger partial charge is 0.332 e. The number of esters is 1. The number of carbonyl (C=O) groups is 2.